The van der Waals surface area contributed by atoms with Crippen LogP contribution >= 0.6 is 0 Å². The van der Waals surface area contributed by atoms with Crippen molar-refractivity contribution in [2.24, 2.45) is 5.92 Å². The van der Waals surface area contributed by atoms with Crippen molar-refractivity contribution < 1.29 is 18.3 Å². The third-order valence-electron chi connectivity index (χ3n) is 3.91. The standard InChI is InChI=1S/C15H17F2NO2/c16-10-5-6-12(17)11(8-10)14(9-3-4-9)18-15(19)13-2-1-7-20-13/h5-6,8-9,13-14H,1-4,7H2,(H,18,19)/t13-,14-/m0/s1. The Labute approximate surface area is 116 Å². The van der Waals surface area contributed by atoms with Crippen LogP contribution in [-0.2, 0) is 9.53 Å². The monoisotopic (exact) mass is 281 g/mol. The maximum atomic E-state index is 13.9. The van der Waals surface area contributed by atoms with Crippen LogP contribution in [0.1, 0.15) is 37.3 Å². The molecule has 1 heterocycles. The van der Waals surface area contributed by atoms with Gasteiger partial charge in [0.1, 0.15) is 17.7 Å². The Kier molecular flexibility index (Phi) is 3.70. The van der Waals surface area contributed by atoms with Gasteiger partial charge < -0.3 is 10.1 Å². The van der Waals surface area contributed by atoms with E-state index in [4.69, 9.17) is 4.74 Å². The number of nitrogens with one attached hydrogen (secondary N) is 1. The number of ether oxygens (including phenoxy) is 1. The van der Waals surface area contributed by atoms with Crippen LogP contribution in [0.2, 0.25) is 0 Å². The summed E-state index contributed by atoms with van der Waals surface area (Å²) in [6.07, 6.45) is 2.95. The van der Waals surface area contributed by atoms with Crippen molar-refractivity contribution >= 4 is 5.91 Å². The van der Waals surface area contributed by atoms with Gasteiger partial charge in [-0.25, -0.2) is 8.78 Å². The summed E-state index contributed by atoms with van der Waals surface area (Å²) in [5.74, 6) is -0.992. The molecule has 1 amide bonds. The van der Waals surface area contributed by atoms with Crippen molar-refractivity contribution in [2.75, 3.05) is 6.61 Å². The van der Waals surface area contributed by atoms with E-state index in [9.17, 15) is 13.6 Å². The van der Waals surface area contributed by atoms with Crippen molar-refractivity contribution in [2.45, 2.75) is 37.8 Å². The molecule has 1 aromatic carbocycles. The molecule has 0 unspecified atom stereocenters. The minimum atomic E-state index is -0.488. The SMILES string of the molecule is O=C(N[C@H](c1cc(F)ccc1F)C1CC1)[C@@H]1CCCO1. The molecule has 0 spiro atoms. The summed E-state index contributed by atoms with van der Waals surface area (Å²) in [4.78, 5) is 12.1. The molecule has 1 aliphatic carbocycles. The van der Waals surface area contributed by atoms with Gasteiger partial charge in [0, 0.05) is 12.2 Å². The van der Waals surface area contributed by atoms with Gasteiger partial charge in [0.15, 0.2) is 0 Å². The summed E-state index contributed by atoms with van der Waals surface area (Å²) in [6, 6.07) is 2.92. The highest BCUT2D eigenvalue weighted by Crippen LogP contribution is 2.42. The molecular weight excluding hydrogens is 264 g/mol. The van der Waals surface area contributed by atoms with E-state index >= 15 is 0 Å². The lowest BCUT2D eigenvalue weighted by Gasteiger charge is -2.21. The number of halogens is 2. The maximum absolute atomic E-state index is 13.9. The number of rotatable bonds is 4. The Morgan fingerprint density at radius 3 is 2.75 bits per heavy atom. The number of hydrogen-bond donors (Lipinski definition) is 1. The van der Waals surface area contributed by atoms with Crippen LogP contribution in [0.5, 0.6) is 0 Å². The maximum Gasteiger partial charge on any atom is 0.249 e. The predicted molar refractivity (Wildman–Crippen MR) is 68.9 cm³/mol. The van der Waals surface area contributed by atoms with Gasteiger partial charge in [-0.05, 0) is 49.8 Å². The molecule has 1 saturated heterocycles. The Morgan fingerprint density at radius 2 is 2.10 bits per heavy atom. The highest BCUT2D eigenvalue weighted by atomic mass is 19.1. The predicted octanol–water partition coefficient (Wildman–Crippen LogP) is 2.71. The van der Waals surface area contributed by atoms with Gasteiger partial charge >= 0.3 is 0 Å². The van der Waals surface area contributed by atoms with Crippen LogP contribution in [-0.4, -0.2) is 18.6 Å². The lowest BCUT2D eigenvalue weighted by molar-refractivity contribution is -0.131. The van der Waals surface area contributed by atoms with E-state index in [0.29, 0.717) is 13.0 Å². The number of amides is 1. The first-order valence-corrected chi connectivity index (χ1v) is 7.02. The minimum Gasteiger partial charge on any atom is -0.368 e. The summed E-state index contributed by atoms with van der Waals surface area (Å²) in [6.45, 7) is 0.584. The van der Waals surface area contributed by atoms with Crippen LogP contribution in [0.3, 0.4) is 0 Å². The zero-order valence-electron chi connectivity index (χ0n) is 11.1. The third-order valence-corrected chi connectivity index (χ3v) is 3.91. The third kappa shape index (κ3) is 2.82. The highest BCUT2D eigenvalue weighted by Gasteiger charge is 2.37. The fourth-order valence-electron chi connectivity index (χ4n) is 2.66. The molecule has 1 aliphatic heterocycles. The van der Waals surface area contributed by atoms with E-state index in [1.807, 2.05) is 0 Å². The number of carbonyl (C=O) groups excluding carboxylic acids is 1. The molecule has 1 saturated carbocycles. The zero-order valence-corrected chi connectivity index (χ0v) is 11.1. The van der Waals surface area contributed by atoms with Gasteiger partial charge in [-0.15, -0.1) is 0 Å². The fourth-order valence-corrected chi connectivity index (χ4v) is 2.66. The van der Waals surface area contributed by atoms with Gasteiger partial charge in [0.25, 0.3) is 0 Å². The quantitative estimate of drug-likeness (QED) is 0.921. The van der Waals surface area contributed by atoms with Gasteiger partial charge in [0.05, 0.1) is 6.04 Å². The smallest absolute Gasteiger partial charge is 0.249 e. The number of benzene rings is 1. The van der Waals surface area contributed by atoms with Gasteiger partial charge in [-0.2, -0.15) is 0 Å². The molecule has 5 heteroatoms. The molecule has 1 aromatic rings. The molecule has 0 bridgehead atoms. The molecule has 1 N–H and O–H groups in total. The molecule has 20 heavy (non-hydrogen) atoms. The average Bonchev–Trinajstić information content (AvgIpc) is 3.12. The van der Waals surface area contributed by atoms with Gasteiger partial charge in [-0.1, -0.05) is 0 Å². The first-order chi connectivity index (χ1) is 9.65. The van der Waals surface area contributed by atoms with Crippen LogP contribution in [0.25, 0.3) is 0 Å². The summed E-state index contributed by atoms with van der Waals surface area (Å²) in [5.41, 5.74) is 0.235. The molecule has 3 rings (SSSR count). The van der Waals surface area contributed by atoms with Crippen LogP contribution in [0, 0.1) is 17.6 Å². The summed E-state index contributed by atoms with van der Waals surface area (Å²) >= 11 is 0. The van der Waals surface area contributed by atoms with Crippen molar-refractivity contribution in [3.05, 3.63) is 35.4 Å². The fraction of sp³-hybridized carbons (Fsp3) is 0.533. The van der Waals surface area contributed by atoms with E-state index in [1.165, 1.54) is 6.07 Å². The normalized spacial score (nSPS) is 23.6. The summed E-state index contributed by atoms with van der Waals surface area (Å²) in [5, 5.41) is 2.83. The molecule has 2 aliphatic rings. The molecular formula is C15H17F2NO2. The Morgan fingerprint density at radius 1 is 1.30 bits per heavy atom. The number of hydrogen-bond acceptors (Lipinski definition) is 2. The molecule has 0 aromatic heterocycles. The lowest BCUT2D eigenvalue weighted by atomic mass is 10.0. The van der Waals surface area contributed by atoms with Crippen LogP contribution < -0.4 is 5.32 Å². The van der Waals surface area contributed by atoms with Crippen molar-refractivity contribution in [1.29, 1.82) is 0 Å². The Balaban J connectivity index is 1.78. The first kappa shape index (κ1) is 13.5. The van der Waals surface area contributed by atoms with Crippen molar-refractivity contribution in [3.63, 3.8) is 0 Å². The second kappa shape index (κ2) is 5.48. The van der Waals surface area contributed by atoms with Crippen LogP contribution in [0.4, 0.5) is 8.78 Å². The number of carbonyl (C=O) groups is 1. The topological polar surface area (TPSA) is 38.3 Å². The van der Waals surface area contributed by atoms with Crippen LogP contribution in [0.15, 0.2) is 18.2 Å². The highest BCUT2D eigenvalue weighted by molar-refractivity contribution is 5.81. The van der Waals surface area contributed by atoms with Crippen molar-refractivity contribution in [3.8, 4) is 0 Å². The van der Waals surface area contributed by atoms with E-state index in [1.54, 1.807) is 0 Å². The van der Waals surface area contributed by atoms with Gasteiger partial charge in [-0.3, -0.25) is 4.79 Å². The van der Waals surface area contributed by atoms with E-state index < -0.39 is 23.8 Å². The molecule has 0 radical (unpaired) electrons. The van der Waals surface area contributed by atoms with Crippen molar-refractivity contribution in [1.82, 2.24) is 5.32 Å². The second-order valence-electron chi connectivity index (χ2n) is 5.49. The molecule has 108 valence electrons. The average molecular weight is 281 g/mol. The summed E-state index contributed by atoms with van der Waals surface area (Å²) in [7, 11) is 0. The van der Waals surface area contributed by atoms with E-state index in [-0.39, 0.29) is 17.4 Å². The lowest BCUT2D eigenvalue weighted by Crippen LogP contribution is -2.38. The van der Waals surface area contributed by atoms with E-state index in [0.717, 1.165) is 31.4 Å². The molecule has 3 nitrogen and oxygen atoms in total. The first-order valence-electron chi connectivity index (χ1n) is 7.02. The van der Waals surface area contributed by atoms with E-state index in [2.05, 4.69) is 5.32 Å². The Bertz CT molecular complexity index is 511. The summed E-state index contributed by atoms with van der Waals surface area (Å²) < 4.78 is 32.5. The largest absolute Gasteiger partial charge is 0.368 e. The minimum absolute atomic E-state index is 0.191. The molecule has 2 fully saturated rings. The molecule has 2 atom stereocenters. The Hall–Kier alpha value is -1.49. The van der Waals surface area contributed by atoms with Gasteiger partial charge in [0.2, 0.25) is 5.91 Å². The zero-order chi connectivity index (χ0) is 14.1. The second-order valence-corrected chi connectivity index (χ2v) is 5.49.